The summed E-state index contributed by atoms with van der Waals surface area (Å²) in [6, 6.07) is 12.8. The fraction of sp³-hybridized carbons (Fsp3) is 0.417. The van der Waals surface area contributed by atoms with Crippen molar-refractivity contribution < 1.29 is 19.8 Å². The number of phenols is 1. The van der Waals surface area contributed by atoms with Crippen LogP contribution < -0.4 is 4.90 Å². The van der Waals surface area contributed by atoms with Gasteiger partial charge in [0.25, 0.3) is 0 Å². The molecule has 0 spiro atoms. The standard InChI is InChI=1S/C24H31NO4/c1-23(2,3)18-14-17(15-19(22(18)29)24(4,5)6)25(16-10-8-7-9-11-16)20(26)12-13-21(27)28/h7-11,14-15,29H,12-13H2,1-6H3,(H,27,28). The van der Waals surface area contributed by atoms with Crippen LogP contribution in [0.4, 0.5) is 11.4 Å². The third kappa shape index (κ3) is 5.37. The van der Waals surface area contributed by atoms with Crippen LogP contribution in [0.15, 0.2) is 42.5 Å². The van der Waals surface area contributed by atoms with Crippen molar-refractivity contribution in [2.75, 3.05) is 4.90 Å². The van der Waals surface area contributed by atoms with E-state index < -0.39 is 5.97 Å². The van der Waals surface area contributed by atoms with Gasteiger partial charge in [-0.2, -0.15) is 0 Å². The molecule has 0 bridgehead atoms. The first-order valence-corrected chi connectivity index (χ1v) is 9.80. The molecule has 2 aromatic rings. The minimum Gasteiger partial charge on any atom is -0.507 e. The van der Waals surface area contributed by atoms with Crippen molar-refractivity contribution in [2.24, 2.45) is 0 Å². The van der Waals surface area contributed by atoms with E-state index in [2.05, 4.69) is 0 Å². The van der Waals surface area contributed by atoms with Gasteiger partial charge in [-0.05, 0) is 35.1 Å². The molecule has 0 saturated heterocycles. The second kappa shape index (κ2) is 8.27. The van der Waals surface area contributed by atoms with Crippen molar-refractivity contribution in [3.8, 4) is 5.75 Å². The summed E-state index contributed by atoms with van der Waals surface area (Å²) in [6.07, 6.45) is -0.348. The van der Waals surface area contributed by atoms with E-state index in [0.717, 1.165) is 11.1 Å². The molecule has 0 saturated carbocycles. The first-order valence-electron chi connectivity index (χ1n) is 9.80. The average molecular weight is 398 g/mol. The first kappa shape index (κ1) is 22.5. The summed E-state index contributed by atoms with van der Waals surface area (Å²) in [4.78, 5) is 25.6. The first-order chi connectivity index (χ1) is 13.3. The van der Waals surface area contributed by atoms with E-state index in [-0.39, 0.29) is 35.3 Å². The second-order valence-electron chi connectivity index (χ2n) is 9.35. The molecular formula is C24H31NO4. The van der Waals surface area contributed by atoms with Crippen LogP contribution in [0.5, 0.6) is 5.75 Å². The summed E-state index contributed by atoms with van der Waals surface area (Å²) < 4.78 is 0. The number of carbonyl (C=O) groups excluding carboxylic acids is 1. The number of rotatable bonds is 5. The summed E-state index contributed by atoms with van der Waals surface area (Å²) in [6.45, 7) is 12.1. The van der Waals surface area contributed by atoms with Crippen LogP contribution in [0.25, 0.3) is 0 Å². The van der Waals surface area contributed by atoms with Gasteiger partial charge >= 0.3 is 5.97 Å². The smallest absolute Gasteiger partial charge is 0.303 e. The van der Waals surface area contributed by atoms with Crippen molar-refractivity contribution in [3.63, 3.8) is 0 Å². The van der Waals surface area contributed by atoms with Crippen molar-refractivity contribution >= 4 is 23.3 Å². The van der Waals surface area contributed by atoms with Crippen LogP contribution in [-0.2, 0) is 20.4 Å². The minimum absolute atomic E-state index is 0.110. The molecule has 29 heavy (non-hydrogen) atoms. The van der Waals surface area contributed by atoms with Gasteiger partial charge < -0.3 is 10.2 Å². The number of hydrogen-bond donors (Lipinski definition) is 2. The molecule has 2 aromatic carbocycles. The number of carbonyl (C=O) groups is 2. The number of carboxylic acids is 1. The fourth-order valence-electron chi connectivity index (χ4n) is 3.23. The van der Waals surface area contributed by atoms with E-state index >= 15 is 0 Å². The molecular weight excluding hydrogens is 366 g/mol. The summed E-state index contributed by atoms with van der Waals surface area (Å²) in [5, 5.41) is 20.0. The topological polar surface area (TPSA) is 77.8 Å². The van der Waals surface area contributed by atoms with Crippen molar-refractivity contribution in [1.29, 1.82) is 0 Å². The zero-order valence-corrected chi connectivity index (χ0v) is 18.1. The quantitative estimate of drug-likeness (QED) is 0.697. The molecule has 0 atom stereocenters. The lowest BCUT2D eigenvalue weighted by molar-refractivity contribution is -0.138. The van der Waals surface area contributed by atoms with Crippen LogP contribution in [0, 0.1) is 0 Å². The molecule has 0 heterocycles. The third-order valence-corrected chi connectivity index (χ3v) is 4.79. The number of para-hydroxylation sites is 1. The van der Waals surface area contributed by atoms with Gasteiger partial charge in [0, 0.05) is 28.9 Å². The fourth-order valence-corrected chi connectivity index (χ4v) is 3.23. The summed E-state index contributed by atoms with van der Waals surface area (Å²) in [5.74, 6) is -1.08. The molecule has 2 rings (SSSR count). The molecule has 0 aliphatic carbocycles. The number of phenolic OH excluding ortho intramolecular Hbond substituents is 1. The van der Waals surface area contributed by atoms with Gasteiger partial charge in [-0.15, -0.1) is 0 Å². The molecule has 0 aliphatic heterocycles. The van der Waals surface area contributed by atoms with Gasteiger partial charge in [0.2, 0.25) is 5.91 Å². The molecule has 2 N–H and O–H groups in total. The highest BCUT2D eigenvalue weighted by Crippen LogP contribution is 2.43. The average Bonchev–Trinajstić information content (AvgIpc) is 2.60. The van der Waals surface area contributed by atoms with Crippen LogP contribution in [0.3, 0.4) is 0 Å². The summed E-state index contributed by atoms with van der Waals surface area (Å²) in [5.41, 5.74) is 2.09. The lowest BCUT2D eigenvalue weighted by atomic mass is 9.79. The number of amides is 1. The van der Waals surface area contributed by atoms with Gasteiger partial charge in [0.05, 0.1) is 6.42 Å². The van der Waals surface area contributed by atoms with Crippen LogP contribution in [0.2, 0.25) is 0 Å². The van der Waals surface area contributed by atoms with Gasteiger partial charge in [-0.25, -0.2) is 0 Å². The van der Waals surface area contributed by atoms with E-state index in [1.54, 1.807) is 4.90 Å². The number of aromatic hydroxyl groups is 1. The highest BCUT2D eigenvalue weighted by atomic mass is 16.4. The predicted molar refractivity (Wildman–Crippen MR) is 116 cm³/mol. The molecule has 156 valence electrons. The van der Waals surface area contributed by atoms with Crippen LogP contribution in [0.1, 0.15) is 65.5 Å². The van der Waals surface area contributed by atoms with E-state index in [0.29, 0.717) is 11.4 Å². The molecule has 5 heteroatoms. The minimum atomic E-state index is -1.01. The van der Waals surface area contributed by atoms with E-state index in [4.69, 9.17) is 5.11 Å². The molecule has 5 nitrogen and oxygen atoms in total. The lowest BCUT2D eigenvalue weighted by Gasteiger charge is -2.31. The molecule has 0 aromatic heterocycles. The molecule has 0 radical (unpaired) electrons. The largest absolute Gasteiger partial charge is 0.507 e. The normalized spacial score (nSPS) is 11.9. The predicted octanol–water partition coefficient (Wildman–Crippen LogP) is 5.52. The Morgan fingerprint density at radius 1 is 0.828 bits per heavy atom. The zero-order valence-electron chi connectivity index (χ0n) is 18.1. The highest BCUT2D eigenvalue weighted by Gasteiger charge is 2.29. The Kier molecular flexibility index (Phi) is 6.41. The van der Waals surface area contributed by atoms with Crippen molar-refractivity contribution in [2.45, 2.75) is 65.2 Å². The van der Waals surface area contributed by atoms with E-state index in [1.807, 2.05) is 84.0 Å². The third-order valence-electron chi connectivity index (χ3n) is 4.79. The van der Waals surface area contributed by atoms with Gasteiger partial charge in [0.15, 0.2) is 0 Å². The molecule has 1 amide bonds. The number of aliphatic carboxylic acids is 1. The monoisotopic (exact) mass is 397 g/mol. The van der Waals surface area contributed by atoms with Gasteiger partial charge in [-0.3, -0.25) is 14.5 Å². The number of hydrogen-bond acceptors (Lipinski definition) is 3. The zero-order chi connectivity index (χ0) is 22.0. The summed E-state index contributed by atoms with van der Waals surface area (Å²) in [7, 11) is 0. The number of benzene rings is 2. The maximum absolute atomic E-state index is 13.1. The van der Waals surface area contributed by atoms with Gasteiger partial charge in [-0.1, -0.05) is 59.7 Å². The SMILES string of the molecule is CC(C)(C)c1cc(N(C(=O)CCC(=O)O)c2ccccc2)cc(C(C)(C)C)c1O. The summed E-state index contributed by atoms with van der Waals surface area (Å²) >= 11 is 0. The van der Waals surface area contributed by atoms with E-state index in [9.17, 15) is 14.7 Å². The number of anilines is 2. The molecule has 0 unspecified atom stereocenters. The Bertz CT molecular complexity index is 854. The van der Waals surface area contributed by atoms with Crippen LogP contribution in [-0.4, -0.2) is 22.1 Å². The lowest BCUT2D eigenvalue weighted by Crippen LogP contribution is -2.28. The highest BCUT2D eigenvalue weighted by molar-refractivity contribution is 6.01. The Hall–Kier alpha value is -2.82. The Labute approximate surface area is 173 Å². The van der Waals surface area contributed by atoms with Crippen LogP contribution >= 0.6 is 0 Å². The molecule has 0 aliphatic rings. The Morgan fingerprint density at radius 2 is 1.31 bits per heavy atom. The number of nitrogens with zero attached hydrogens (tertiary/aromatic N) is 1. The van der Waals surface area contributed by atoms with Gasteiger partial charge in [0.1, 0.15) is 5.75 Å². The molecule has 0 fully saturated rings. The Morgan fingerprint density at radius 3 is 1.72 bits per heavy atom. The van der Waals surface area contributed by atoms with Crippen molar-refractivity contribution in [3.05, 3.63) is 53.6 Å². The van der Waals surface area contributed by atoms with E-state index in [1.165, 1.54) is 0 Å². The number of carboxylic acid groups (broad SMARTS) is 1. The van der Waals surface area contributed by atoms with Crippen molar-refractivity contribution in [1.82, 2.24) is 0 Å². The Balaban J connectivity index is 2.72. The second-order valence-corrected chi connectivity index (χ2v) is 9.35. The maximum Gasteiger partial charge on any atom is 0.303 e. The maximum atomic E-state index is 13.1.